The molecule has 0 amide bonds. The van der Waals surface area contributed by atoms with Crippen molar-refractivity contribution in [2.45, 2.75) is 6.29 Å². The zero-order chi connectivity index (χ0) is 11.5. The SMILES string of the molecule is COc1cccc(N2NCC=C2C(O)O)c1. The van der Waals surface area contributed by atoms with Crippen LogP contribution in [-0.2, 0) is 0 Å². The third kappa shape index (κ3) is 2.01. The normalized spacial score (nSPS) is 15.5. The summed E-state index contributed by atoms with van der Waals surface area (Å²) in [5.41, 5.74) is 4.25. The molecule has 0 spiro atoms. The second-order valence-corrected chi connectivity index (χ2v) is 3.40. The molecule has 0 radical (unpaired) electrons. The van der Waals surface area contributed by atoms with Crippen molar-refractivity contribution in [3.05, 3.63) is 36.0 Å². The Labute approximate surface area is 93.5 Å². The van der Waals surface area contributed by atoms with Crippen LogP contribution in [0.3, 0.4) is 0 Å². The van der Waals surface area contributed by atoms with E-state index in [0.29, 0.717) is 12.2 Å². The number of aliphatic hydroxyl groups is 2. The molecule has 0 fully saturated rings. The van der Waals surface area contributed by atoms with Crippen molar-refractivity contribution >= 4 is 5.69 Å². The number of rotatable bonds is 3. The molecule has 0 bridgehead atoms. The molecule has 0 aliphatic carbocycles. The molecule has 2 rings (SSSR count). The van der Waals surface area contributed by atoms with Crippen LogP contribution in [0.25, 0.3) is 0 Å². The highest BCUT2D eigenvalue weighted by atomic mass is 16.5. The molecule has 0 unspecified atom stereocenters. The fourth-order valence-electron chi connectivity index (χ4n) is 1.63. The lowest BCUT2D eigenvalue weighted by Gasteiger charge is -2.23. The van der Waals surface area contributed by atoms with Gasteiger partial charge in [0.15, 0.2) is 6.29 Å². The van der Waals surface area contributed by atoms with Crippen molar-refractivity contribution in [2.24, 2.45) is 0 Å². The Morgan fingerprint density at radius 3 is 2.94 bits per heavy atom. The first-order valence-electron chi connectivity index (χ1n) is 4.96. The summed E-state index contributed by atoms with van der Waals surface area (Å²) in [6.07, 6.45) is 0.241. The van der Waals surface area contributed by atoms with Gasteiger partial charge in [-0.15, -0.1) is 0 Å². The van der Waals surface area contributed by atoms with E-state index in [4.69, 9.17) is 4.74 Å². The number of nitrogens with one attached hydrogen (secondary N) is 1. The molecular formula is C11H14N2O3. The Morgan fingerprint density at radius 2 is 2.25 bits per heavy atom. The third-order valence-electron chi connectivity index (χ3n) is 2.39. The fraction of sp³-hybridized carbons (Fsp3) is 0.273. The van der Waals surface area contributed by atoms with Crippen LogP contribution in [0.5, 0.6) is 5.75 Å². The molecule has 0 saturated carbocycles. The summed E-state index contributed by atoms with van der Waals surface area (Å²) in [6, 6.07) is 7.35. The maximum Gasteiger partial charge on any atom is 0.195 e. The summed E-state index contributed by atoms with van der Waals surface area (Å²) in [4.78, 5) is 0. The van der Waals surface area contributed by atoms with Crippen molar-refractivity contribution in [1.82, 2.24) is 5.43 Å². The topological polar surface area (TPSA) is 65.0 Å². The molecule has 0 saturated heterocycles. The number of aliphatic hydroxyl groups excluding tert-OH is 1. The number of methoxy groups -OCH3 is 1. The molecule has 1 heterocycles. The summed E-state index contributed by atoms with van der Waals surface area (Å²) in [5, 5.41) is 20.0. The molecule has 86 valence electrons. The van der Waals surface area contributed by atoms with Gasteiger partial charge < -0.3 is 14.9 Å². The zero-order valence-electron chi connectivity index (χ0n) is 8.92. The molecule has 1 aromatic carbocycles. The minimum atomic E-state index is -1.48. The van der Waals surface area contributed by atoms with Crippen LogP contribution in [0.2, 0.25) is 0 Å². The summed E-state index contributed by atoms with van der Waals surface area (Å²) in [7, 11) is 1.59. The van der Waals surface area contributed by atoms with Crippen molar-refractivity contribution in [3.8, 4) is 5.75 Å². The minimum Gasteiger partial charge on any atom is -0.497 e. The highest BCUT2D eigenvalue weighted by Crippen LogP contribution is 2.25. The molecule has 1 aromatic rings. The van der Waals surface area contributed by atoms with E-state index in [9.17, 15) is 10.2 Å². The van der Waals surface area contributed by atoms with Crippen molar-refractivity contribution in [1.29, 1.82) is 0 Å². The first kappa shape index (κ1) is 10.9. The Hall–Kier alpha value is -1.56. The molecule has 5 nitrogen and oxygen atoms in total. The Morgan fingerprint density at radius 1 is 1.44 bits per heavy atom. The minimum absolute atomic E-state index is 0.424. The van der Waals surface area contributed by atoms with Crippen LogP contribution >= 0.6 is 0 Å². The van der Waals surface area contributed by atoms with Crippen molar-refractivity contribution < 1.29 is 14.9 Å². The van der Waals surface area contributed by atoms with E-state index in [1.807, 2.05) is 24.3 Å². The predicted molar refractivity (Wildman–Crippen MR) is 59.8 cm³/mol. The first-order valence-corrected chi connectivity index (χ1v) is 4.96. The zero-order valence-corrected chi connectivity index (χ0v) is 8.92. The van der Waals surface area contributed by atoms with E-state index in [1.54, 1.807) is 18.2 Å². The highest BCUT2D eigenvalue weighted by Gasteiger charge is 2.21. The molecule has 0 atom stereocenters. The monoisotopic (exact) mass is 222 g/mol. The lowest BCUT2D eigenvalue weighted by atomic mass is 10.2. The number of hydrazine groups is 1. The van der Waals surface area contributed by atoms with Gasteiger partial charge >= 0.3 is 0 Å². The molecule has 0 aromatic heterocycles. The number of hydrogen-bond acceptors (Lipinski definition) is 5. The summed E-state index contributed by atoms with van der Waals surface area (Å²) in [5.74, 6) is 0.720. The van der Waals surface area contributed by atoms with E-state index in [2.05, 4.69) is 5.43 Å². The van der Waals surface area contributed by atoms with Gasteiger partial charge in [0.1, 0.15) is 5.75 Å². The van der Waals surface area contributed by atoms with Crippen LogP contribution in [0, 0.1) is 0 Å². The van der Waals surface area contributed by atoms with Gasteiger partial charge in [-0.3, -0.25) is 5.01 Å². The van der Waals surface area contributed by atoms with Gasteiger partial charge in [-0.25, -0.2) is 5.43 Å². The lowest BCUT2D eigenvalue weighted by molar-refractivity contribution is -0.00945. The van der Waals surface area contributed by atoms with Crippen LogP contribution in [0.1, 0.15) is 0 Å². The van der Waals surface area contributed by atoms with Crippen LogP contribution in [-0.4, -0.2) is 30.2 Å². The standard InChI is InChI=1S/C11H14N2O3/c1-16-9-4-2-3-8(7-9)13-10(11(14)15)5-6-12-13/h2-5,7,11-12,14-15H,6H2,1H3. The van der Waals surface area contributed by atoms with Crippen molar-refractivity contribution in [3.63, 3.8) is 0 Å². The fourth-order valence-corrected chi connectivity index (χ4v) is 1.63. The second kappa shape index (κ2) is 4.52. The quantitative estimate of drug-likeness (QED) is 0.638. The Kier molecular flexibility index (Phi) is 3.09. The van der Waals surface area contributed by atoms with Crippen LogP contribution < -0.4 is 15.2 Å². The van der Waals surface area contributed by atoms with E-state index in [0.717, 1.165) is 11.4 Å². The van der Waals surface area contributed by atoms with E-state index < -0.39 is 6.29 Å². The molecular weight excluding hydrogens is 208 g/mol. The smallest absolute Gasteiger partial charge is 0.195 e. The van der Waals surface area contributed by atoms with E-state index in [1.165, 1.54) is 0 Å². The average molecular weight is 222 g/mol. The number of benzene rings is 1. The summed E-state index contributed by atoms with van der Waals surface area (Å²) < 4.78 is 5.11. The summed E-state index contributed by atoms with van der Waals surface area (Å²) >= 11 is 0. The highest BCUT2D eigenvalue weighted by molar-refractivity contribution is 5.55. The third-order valence-corrected chi connectivity index (χ3v) is 2.39. The number of nitrogens with zero attached hydrogens (tertiary/aromatic N) is 1. The molecule has 5 heteroatoms. The molecule has 16 heavy (non-hydrogen) atoms. The summed E-state index contributed by atoms with van der Waals surface area (Å²) in [6.45, 7) is 0.574. The van der Waals surface area contributed by atoms with E-state index >= 15 is 0 Å². The first-order chi connectivity index (χ1) is 7.72. The van der Waals surface area contributed by atoms with Gasteiger partial charge in [-0.2, -0.15) is 0 Å². The van der Waals surface area contributed by atoms with Gasteiger partial charge in [0.2, 0.25) is 0 Å². The van der Waals surface area contributed by atoms with Gasteiger partial charge in [-0.1, -0.05) is 6.07 Å². The van der Waals surface area contributed by atoms with E-state index in [-0.39, 0.29) is 0 Å². The van der Waals surface area contributed by atoms with Crippen LogP contribution in [0.15, 0.2) is 36.0 Å². The number of anilines is 1. The average Bonchev–Trinajstić information content (AvgIpc) is 2.78. The lowest BCUT2D eigenvalue weighted by Crippen LogP contribution is -2.35. The number of hydrogen-bond donors (Lipinski definition) is 3. The maximum atomic E-state index is 9.18. The van der Waals surface area contributed by atoms with Gasteiger partial charge in [0.25, 0.3) is 0 Å². The van der Waals surface area contributed by atoms with Gasteiger partial charge in [-0.05, 0) is 18.2 Å². The maximum absolute atomic E-state index is 9.18. The van der Waals surface area contributed by atoms with Gasteiger partial charge in [0, 0.05) is 12.6 Å². The van der Waals surface area contributed by atoms with Gasteiger partial charge in [0.05, 0.1) is 18.5 Å². The predicted octanol–water partition coefficient (Wildman–Crippen LogP) is 0.214. The molecule has 3 N–H and O–H groups in total. The largest absolute Gasteiger partial charge is 0.497 e. The second-order valence-electron chi connectivity index (χ2n) is 3.40. The van der Waals surface area contributed by atoms with Crippen LogP contribution in [0.4, 0.5) is 5.69 Å². The number of ether oxygens (including phenoxy) is 1. The molecule has 1 aliphatic heterocycles. The molecule has 1 aliphatic rings. The Bertz CT molecular complexity index is 404. The Balaban J connectivity index is 2.27. The van der Waals surface area contributed by atoms with Crippen molar-refractivity contribution in [2.75, 3.05) is 18.7 Å².